The maximum atomic E-state index is 13.7. The first kappa shape index (κ1) is 15.5. The number of carbonyl (C=O) groups excluding carboxylic acids is 1. The first-order valence-electron chi connectivity index (χ1n) is 7.95. The Hall–Kier alpha value is -2.36. The average molecular weight is 312 g/mol. The lowest BCUT2D eigenvalue weighted by atomic mass is 10.1. The maximum Gasteiger partial charge on any atom is 0.255 e. The Bertz CT molecular complexity index is 729. The van der Waals surface area contributed by atoms with Crippen LogP contribution < -0.4 is 10.2 Å². The molecule has 1 N–H and O–H groups in total. The molecule has 2 aromatic rings. The quantitative estimate of drug-likeness (QED) is 0.919. The molecule has 1 amide bonds. The van der Waals surface area contributed by atoms with Crippen LogP contribution in [-0.2, 0) is 0 Å². The van der Waals surface area contributed by atoms with Gasteiger partial charge in [-0.1, -0.05) is 24.6 Å². The molecule has 1 fully saturated rings. The van der Waals surface area contributed by atoms with Gasteiger partial charge in [-0.15, -0.1) is 0 Å². The Morgan fingerprint density at radius 3 is 2.78 bits per heavy atom. The van der Waals surface area contributed by atoms with Gasteiger partial charge in [0.1, 0.15) is 5.82 Å². The van der Waals surface area contributed by atoms with E-state index in [0.717, 1.165) is 30.8 Å². The molecule has 0 saturated carbocycles. The van der Waals surface area contributed by atoms with Gasteiger partial charge in [-0.3, -0.25) is 4.79 Å². The van der Waals surface area contributed by atoms with Gasteiger partial charge in [0.25, 0.3) is 5.91 Å². The molecule has 4 heteroatoms. The molecule has 0 spiro atoms. The number of nitrogens with zero attached hydrogens (tertiary/aromatic N) is 1. The number of carbonyl (C=O) groups is 1. The van der Waals surface area contributed by atoms with Crippen LogP contribution in [0.5, 0.6) is 0 Å². The molecule has 0 bridgehead atoms. The number of amides is 1. The van der Waals surface area contributed by atoms with E-state index in [1.807, 2.05) is 25.1 Å². The van der Waals surface area contributed by atoms with Crippen LogP contribution >= 0.6 is 0 Å². The van der Waals surface area contributed by atoms with E-state index in [-0.39, 0.29) is 11.7 Å². The van der Waals surface area contributed by atoms with Crippen LogP contribution in [0.25, 0.3) is 0 Å². The molecular formula is C19H21FN2O. The average Bonchev–Trinajstić information content (AvgIpc) is 2.93. The van der Waals surface area contributed by atoms with Crippen molar-refractivity contribution in [1.82, 2.24) is 0 Å². The van der Waals surface area contributed by atoms with Crippen molar-refractivity contribution >= 4 is 17.3 Å². The summed E-state index contributed by atoms with van der Waals surface area (Å²) in [5.41, 5.74) is 3.02. The van der Waals surface area contributed by atoms with E-state index in [0.29, 0.717) is 17.2 Å². The zero-order valence-corrected chi connectivity index (χ0v) is 13.5. The second-order valence-electron chi connectivity index (χ2n) is 6.32. The van der Waals surface area contributed by atoms with E-state index in [2.05, 4.69) is 17.1 Å². The number of nitrogens with one attached hydrogen (secondary N) is 1. The summed E-state index contributed by atoms with van der Waals surface area (Å²) < 4.78 is 13.7. The fraction of sp³-hybridized carbons (Fsp3) is 0.316. The van der Waals surface area contributed by atoms with Gasteiger partial charge >= 0.3 is 0 Å². The molecule has 1 aliphatic heterocycles. The highest BCUT2D eigenvalue weighted by Crippen LogP contribution is 2.31. The highest BCUT2D eigenvalue weighted by molar-refractivity contribution is 6.06. The second-order valence-corrected chi connectivity index (χ2v) is 6.32. The number of hydrogen-bond donors (Lipinski definition) is 1. The molecular weight excluding hydrogens is 291 g/mol. The number of benzene rings is 2. The highest BCUT2D eigenvalue weighted by atomic mass is 19.1. The van der Waals surface area contributed by atoms with E-state index >= 15 is 0 Å². The monoisotopic (exact) mass is 312 g/mol. The number of hydrogen-bond acceptors (Lipinski definition) is 2. The number of rotatable bonds is 3. The topological polar surface area (TPSA) is 32.3 Å². The first-order valence-corrected chi connectivity index (χ1v) is 7.95. The predicted molar refractivity (Wildman–Crippen MR) is 91.5 cm³/mol. The van der Waals surface area contributed by atoms with Crippen molar-refractivity contribution in [2.24, 2.45) is 5.92 Å². The van der Waals surface area contributed by atoms with Crippen LogP contribution in [0.2, 0.25) is 0 Å². The normalized spacial score (nSPS) is 17.3. The lowest BCUT2D eigenvalue weighted by molar-refractivity contribution is 0.102. The Morgan fingerprint density at radius 2 is 2.09 bits per heavy atom. The molecule has 0 aromatic heterocycles. The first-order chi connectivity index (χ1) is 11.0. The van der Waals surface area contributed by atoms with Gasteiger partial charge in [0.2, 0.25) is 0 Å². The Balaban J connectivity index is 1.87. The van der Waals surface area contributed by atoms with Crippen LogP contribution in [0.3, 0.4) is 0 Å². The molecule has 3 nitrogen and oxygen atoms in total. The van der Waals surface area contributed by atoms with Crippen LogP contribution in [-0.4, -0.2) is 19.0 Å². The van der Waals surface area contributed by atoms with E-state index in [1.54, 1.807) is 12.1 Å². The molecule has 0 radical (unpaired) electrons. The summed E-state index contributed by atoms with van der Waals surface area (Å²) >= 11 is 0. The summed E-state index contributed by atoms with van der Waals surface area (Å²) in [7, 11) is 0. The van der Waals surface area contributed by atoms with E-state index in [1.165, 1.54) is 12.1 Å². The second kappa shape index (κ2) is 6.41. The number of halogens is 1. The standard InChI is InChI=1S/C19H21FN2O/c1-13-4-3-5-15(10-13)19(23)21-17-11-16(20)6-7-18(17)22-9-8-14(2)12-22/h3-7,10-11,14H,8-9,12H2,1-2H3,(H,21,23). The zero-order chi connectivity index (χ0) is 16.4. The Kier molecular flexibility index (Phi) is 4.33. The predicted octanol–water partition coefficient (Wildman–Crippen LogP) is 4.23. The molecule has 0 aliphatic carbocycles. The largest absolute Gasteiger partial charge is 0.370 e. The van der Waals surface area contributed by atoms with Gasteiger partial charge in [-0.2, -0.15) is 0 Å². The van der Waals surface area contributed by atoms with Crippen molar-refractivity contribution in [3.05, 3.63) is 59.4 Å². The fourth-order valence-corrected chi connectivity index (χ4v) is 3.02. The minimum atomic E-state index is -0.347. The number of aryl methyl sites for hydroxylation is 1. The van der Waals surface area contributed by atoms with Gasteiger partial charge in [0.05, 0.1) is 11.4 Å². The van der Waals surface area contributed by atoms with Crippen molar-refractivity contribution in [2.75, 3.05) is 23.3 Å². The maximum absolute atomic E-state index is 13.7. The van der Waals surface area contributed by atoms with Crippen LogP contribution in [0.1, 0.15) is 29.3 Å². The van der Waals surface area contributed by atoms with Crippen molar-refractivity contribution in [2.45, 2.75) is 20.3 Å². The fourth-order valence-electron chi connectivity index (χ4n) is 3.02. The zero-order valence-electron chi connectivity index (χ0n) is 13.5. The van der Waals surface area contributed by atoms with Gasteiger partial charge in [0, 0.05) is 18.7 Å². The lowest BCUT2D eigenvalue weighted by Gasteiger charge is -2.22. The summed E-state index contributed by atoms with van der Waals surface area (Å²) in [6, 6.07) is 12.0. The Labute approximate surface area is 136 Å². The van der Waals surface area contributed by atoms with E-state index in [4.69, 9.17) is 0 Å². The van der Waals surface area contributed by atoms with Crippen molar-refractivity contribution in [3.8, 4) is 0 Å². The molecule has 1 saturated heterocycles. The molecule has 23 heavy (non-hydrogen) atoms. The molecule has 1 heterocycles. The summed E-state index contributed by atoms with van der Waals surface area (Å²) in [4.78, 5) is 14.7. The van der Waals surface area contributed by atoms with Crippen LogP contribution in [0.15, 0.2) is 42.5 Å². The molecule has 120 valence electrons. The van der Waals surface area contributed by atoms with Crippen molar-refractivity contribution in [1.29, 1.82) is 0 Å². The molecule has 1 unspecified atom stereocenters. The minimum absolute atomic E-state index is 0.215. The van der Waals surface area contributed by atoms with Crippen LogP contribution in [0, 0.1) is 18.7 Å². The number of anilines is 2. The third-order valence-electron chi connectivity index (χ3n) is 4.25. The van der Waals surface area contributed by atoms with E-state index < -0.39 is 0 Å². The van der Waals surface area contributed by atoms with Crippen molar-refractivity contribution in [3.63, 3.8) is 0 Å². The van der Waals surface area contributed by atoms with Crippen LogP contribution in [0.4, 0.5) is 15.8 Å². The molecule has 3 rings (SSSR count). The SMILES string of the molecule is Cc1cccc(C(=O)Nc2cc(F)ccc2N2CCC(C)C2)c1. The third kappa shape index (κ3) is 3.52. The molecule has 1 aliphatic rings. The smallest absolute Gasteiger partial charge is 0.255 e. The summed E-state index contributed by atoms with van der Waals surface area (Å²) in [5.74, 6) is 0.0497. The summed E-state index contributed by atoms with van der Waals surface area (Å²) in [5, 5.41) is 2.87. The highest BCUT2D eigenvalue weighted by Gasteiger charge is 2.22. The van der Waals surface area contributed by atoms with Crippen molar-refractivity contribution < 1.29 is 9.18 Å². The molecule has 1 atom stereocenters. The molecule has 2 aromatic carbocycles. The van der Waals surface area contributed by atoms with Gasteiger partial charge in [-0.25, -0.2) is 4.39 Å². The van der Waals surface area contributed by atoms with Gasteiger partial charge in [0.15, 0.2) is 0 Å². The summed E-state index contributed by atoms with van der Waals surface area (Å²) in [6.45, 7) is 6.00. The minimum Gasteiger partial charge on any atom is -0.370 e. The third-order valence-corrected chi connectivity index (χ3v) is 4.25. The van der Waals surface area contributed by atoms with E-state index in [9.17, 15) is 9.18 Å². The summed E-state index contributed by atoms with van der Waals surface area (Å²) in [6.07, 6.45) is 1.11. The van der Waals surface area contributed by atoms with Gasteiger partial charge in [-0.05, 0) is 49.6 Å². The lowest BCUT2D eigenvalue weighted by Crippen LogP contribution is -2.22. The Morgan fingerprint density at radius 1 is 1.26 bits per heavy atom. The van der Waals surface area contributed by atoms with Gasteiger partial charge < -0.3 is 10.2 Å².